The van der Waals surface area contributed by atoms with Crippen LogP contribution >= 0.6 is 0 Å². The fourth-order valence-electron chi connectivity index (χ4n) is 4.28. The second-order valence-corrected chi connectivity index (χ2v) is 8.18. The van der Waals surface area contributed by atoms with Gasteiger partial charge in [0.05, 0.1) is 6.26 Å². The van der Waals surface area contributed by atoms with Gasteiger partial charge in [-0.25, -0.2) is 0 Å². The van der Waals surface area contributed by atoms with Gasteiger partial charge in [0.2, 0.25) is 17.5 Å². The van der Waals surface area contributed by atoms with Gasteiger partial charge in [0.1, 0.15) is 6.07 Å². The van der Waals surface area contributed by atoms with E-state index in [-0.39, 0.29) is 17.5 Å². The first-order chi connectivity index (χ1) is 16.1. The van der Waals surface area contributed by atoms with E-state index in [1.807, 2.05) is 17.0 Å². The molecule has 1 saturated heterocycles. The fourth-order valence-corrected chi connectivity index (χ4v) is 4.28. The standard InChI is InChI=1S/C25H29N5O3/c1-3-29(21-8-5-4-7-18(21)2)15-12-27-23(31)19-10-13-30(14-11-19)25-20(17-26)28-24(33-25)22-9-6-16-32-22/h4-9,16,19H,3,10-15H2,1-2H3,(H,27,31). The Bertz CT molecular complexity index is 1110. The molecule has 33 heavy (non-hydrogen) atoms. The summed E-state index contributed by atoms with van der Waals surface area (Å²) in [6.45, 7) is 7.75. The maximum Gasteiger partial charge on any atom is 0.266 e. The molecule has 1 amide bonds. The molecule has 0 saturated carbocycles. The highest BCUT2D eigenvalue weighted by atomic mass is 16.4. The molecule has 1 aliphatic heterocycles. The lowest BCUT2D eigenvalue weighted by atomic mass is 9.96. The van der Waals surface area contributed by atoms with Crippen molar-refractivity contribution in [2.24, 2.45) is 5.92 Å². The molecule has 1 aromatic carbocycles. The van der Waals surface area contributed by atoms with E-state index in [9.17, 15) is 10.1 Å². The number of amides is 1. The van der Waals surface area contributed by atoms with Crippen LogP contribution in [-0.4, -0.2) is 43.6 Å². The number of aryl methyl sites for hydroxylation is 1. The Hall–Kier alpha value is -3.73. The summed E-state index contributed by atoms with van der Waals surface area (Å²) in [5.74, 6) is 1.26. The second-order valence-electron chi connectivity index (χ2n) is 8.18. The van der Waals surface area contributed by atoms with Crippen molar-refractivity contribution in [1.29, 1.82) is 5.26 Å². The number of hydrogen-bond donors (Lipinski definition) is 1. The largest absolute Gasteiger partial charge is 0.459 e. The first kappa shape index (κ1) is 22.5. The van der Waals surface area contributed by atoms with Crippen molar-refractivity contribution in [3.8, 4) is 17.7 Å². The Morgan fingerprint density at radius 1 is 1.27 bits per heavy atom. The average molecular weight is 448 g/mol. The molecule has 1 N–H and O–H groups in total. The highest BCUT2D eigenvalue weighted by Crippen LogP contribution is 2.31. The van der Waals surface area contributed by atoms with Crippen molar-refractivity contribution in [2.45, 2.75) is 26.7 Å². The van der Waals surface area contributed by atoms with Gasteiger partial charge in [0.15, 0.2) is 5.76 Å². The van der Waals surface area contributed by atoms with Gasteiger partial charge in [-0.3, -0.25) is 4.79 Å². The van der Waals surface area contributed by atoms with Gasteiger partial charge in [0.25, 0.3) is 5.89 Å². The number of nitrogens with one attached hydrogen (secondary N) is 1. The van der Waals surface area contributed by atoms with Crippen LogP contribution in [0.3, 0.4) is 0 Å². The molecule has 1 aliphatic rings. The summed E-state index contributed by atoms with van der Waals surface area (Å²) in [6, 6.07) is 13.9. The zero-order chi connectivity index (χ0) is 23.2. The van der Waals surface area contributed by atoms with Crippen LogP contribution in [0, 0.1) is 24.2 Å². The van der Waals surface area contributed by atoms with Gasteiger partial charge < -0.3 is 24.0 Å². The van der Waals surface area contributed by atoms with E-state index >= 15 is 0 Å². The summed E-state index contributed by atoms with van der Waals surface area (Å²) in [5, 5.41) is 12.6. The number of aromatic nitrogens is 1. The second kappa shape index (κ2) is 10.3. The van der Waals surface area contributed by atoms with E-state index in [0.29, 0.717) is 50.0 Å². The molecule has 8 heteroatoms. The number of carbonyl (C=O) groups is 1. The number of anilines is 2. The van der Waals surface area contributed by atoms with Crippen LogP contribution < -0.4 is 15.1 Å². The summed E-state index contributed by atoms with van der Waals surface area (Å²) < 4.78 is 11.2. The number of benzene rings is 1. The molecule has 172 valence electrons. The molecule has 0 aliphatic carbocycles. The molecule has 0 atom stereocenters. The number of piperidine rings is 1. The quantitative estimate of drug-likeness (QED) is 0.558. The number of furan rings is 1. The summed E-state index contributed by atoms with van der Waals surface area (Å²) in [6.07, 6.45) is 2.93. The maximum atomic E-state index is 12.7. The van der Waals surface area contributed by atoms with Crippen molar-refractivity contribution in [3.63, 3.8) is 0 Å². The Labute approximate surface area is 193 Å². The normalized spacial score (nSPS) is 14.2. The summed E-state index contributed by atoms with van der Waals surface area (Å²) in [7, 11) is 0. The third-order valence-electron chi connectivity index (χ3n) is 6.12. The lowest BCUT2D eigenvalue weighted by Gasteiger charge is -2.31. The number of nitrogens with zero attached hydrogens (tertiary/aromatic N) is 4. The van der Waals surface area contributed by atoms with E-state index in [1.54, 1.807) is 12.1 Å². The molecule has 0 unspecified atom stereocenters. The van der Waals surface area contributed by atoms with Gasteiger partial charge in [-0.05, 0) is 50.5 Å². The third-order valence-corrected chi connectivity index (χ3v) is 6.12. The molecule has 8 nitrogen and oxygen atoms in total. The highest BCUT2D eigenvalue weighted by Gasteiger charge is 2.29. The Morgan fingerprint density at radius 3 is 2.73 bits per heavy atom. The van der Waals surface area contributed by atoms with Crippen molar-refractivity contribution in [2.75, 3.05) is 42.5 Å². The maximum absolute atomic E-state index is 12.7. The zero-order valence-electron chi connectivity index (χ0n) is 19.1. The van der Waals surface area contributed by atoms with Gasteiger partial charge in [-0.1, -0.05) is 18.2 Å². The van der Waals surface area contributed by atoms with Gasteiger partial charge in [0, 0.05) is 44.3 Å². The molecular formula is C25H29N5O3. The first-order valence-corrected chi connectivity index (χ1v) is 11.4. The van der Waals surface area contributed by atoms with Crippen LogP contribution in [0.2, 0.25) is 0 Å². The van der Waals surface area contributed by atoms with Crippen LogP contribution in [0.15, 0.2) is 51.5 Å². The minimum absolute atomic E-state index is 0.0483. The Balaban J connectivity index is 1.29. The molecule has 0 radical (unpaired) electrons. The number of carbonyl (C=O) groups excluding carboxylic acids is 1. The van der Waals surface area contributed by atoms with Crippen molar-refractivity contribution >= 4 is 17.5 Å². The predicted octanol–water partition coefficient (Wildman–Crippen LogP) is 3.97. The van der Waals surface area contributed by atoms with Crippen LogP contribution in [0.4, 0.5) is 11.6 Å². The molecule has 1 fully saturated rings. The molecule has 0 bridgehead atoms. The van der Waals surface area contributed by atoms with Crippen LogP contribution in [0.1, 0.15) is 31.0 Å². The summed E-state index contributed by atoms with van der Waals surface area (Å²) in [4.78, 5) is 21.3. The predicted molar refractivity (Wildman–Crippen MR) is 126 cm³/mol. The molecule has 3 heterocycles. The summed E-state index contributed by atoms with van der Waals surface area (Å²) >= 11 is 0. The molecule has 0 spiro atoms. The van der Waals surface area contributed by atoms with E-state index < -0.39 is 0 Å². The summed E-state index contributed by atoms with van der Waals surface area (Å²) in [5.41, 5.74) is 2.68. The lowest BCUT2D eigenvalue weighted by Crippen LogP contribution is -2.42. The van der Waals surface area contributed by atoms with Gasteiger partial charge >= 0.3 is 0 Å². The number of likely N-dealkylation sites (N-methyl/N-ethyl adjacent to an activating group) is 1. The minimum Gasteiger partial charge on any atom is -0.459 e. The van der Waals surface area contributed by atoms with E-state index in [2.05, 4.69) is 47.3 Å². The molecular weight excluding hydrogens is 418 g/mol. The monoisotopic (exact) mass is 447 g/mol. The van der Waals surface area contributed by atoms with Crippen LogP contribution in [0.5, 0.6) is 0 Å². The highest BCUT2D eigenvalue weighted by molar-refractivity contribution is 5.79. The smallest absolute Gasteiger partial charge is 0.266 e. The van der Waals surface area contributed by atoms with Crippen molar-refractivity contribution in [3.05, 3.63) is 53.9 Å². The number of rotatable bonds is 8. The SMILES string of the molecule is CCN(CCNC(=O)C1CCN(c2oc(-c3ccco3)nc2C#N)CC1)c1ccccc1C. The third kappa shape index (κ3) is 5.03. The van der Waals surface area contributed by atoms with E-state index in [4.69, 9.17) is 8.83 Å². The Kier molecular flexibility index (Phi) is 6.98. The van der Waals surface area contributed by atoms with Crippen LogP contribution in [-0.2, 0) is 4.79 Å². The Morgan fingerprint density at radius 2 is 2.06 bits per heavy atom. The van der Waals surface area contributed by atoms with Crippen molar-refractivity contribution < 1.29 is 13.6 Å². The number of nitriles is 1. The number of para-hydroxylation sites is 1. The zero-order valence-corrected chi connectivity index (χ0v) is 19.1. The minimum atomic E-state index is -0.0483. The number of oxazole rings is 1. The molecule has 3 aromatic rings. The lowest BCUT2D eigenvalue weighted by molar-refractivity contribution is -0.125. The fraction of sp³-hybridized carbons (Fsp3) is 0.400. The number of hydrogen-bond acceptors (Lipinski definition) is 7. The van der Waals surface area contributed by atoms with E-state index in [1.165, 1.54) is 17.5 Å². The first-order valence-electron chi connectivity index (χ1n) is 11.4. The van der Waals surface area contributed by atoms with Gasteiger partial charge in [-0.15, -0.1) is 0 Å². The van der Waals surface area contributed by atoms with Crippen LogP contribution in [0.25, 0.3) is 11.7 Å². The van der Waals surface area contributed by atoms with E-state index in [0.717, 1.165) is 13.1 Å². The molecule has 2 aromatic heterocycles. The topological polar surface area (TPSA) is 98.5 Å². The molecule has 4 rings (SSSR count). The average Bonchev–Trinajstić information content (AvgIpc) is 3.52. The van der Waals surface area contributed by atoms with Gasteiger partial charge in [-0.2, -0.15) is 10.2 Å². The van der Waals surface area contributed by atoms with Crippen molar-refractivity contribution in [1.82, 2.24) is 10.3 Å².